The molecule has 1 aromatic carbocycles. The van der Waals surface area contributed by atoms with Crippen LogP contribution in [0.4, 0.5) is 0 Å². The van der Waals surface area contributed by atoms with Crippen molar-refractivity contribution in [2.24, 2.45) is 5.41 Å². The zero-order valence-electron chi connectivity index (χ0n) is 11.8. The van der Waals surface area contributed by atoms with Crippen LogP contribution in [0.3, 0.4) is 0 Å². The third-order valence-electron chi connectivity index (χ3n) is 3.08. The minimum atomic E-state index is -0.789. The first-order chi connectivity index (χ1) is 9.94. The second-order valence-electron chi connectivity index (χ2n) is 5.32. The lowest BCUT2D eigenvalue weighted by molar-refractivity contribution is -0.137. The Kier molecular flexibility index (Phi) is 5.06. The van der Waals surface area contributed by atoms with E-state index in [2.05, 4.69) is 20.9 Å². The molecule has 0 spiro atoms. The average molecular weight is 372 g/mol. The molecule has 2 rings (SSSR count). The Balaban J connectivity index is 2.29. The van der Waals surface area contributed by atoms with Crippen molar-refractivity contribution < 1.29 is 9.53 Å². The lowest BCUT2D eigenvalue weighted by Crippen LogP contribution is -2.36. The second-order valence-corrected chi connectivity index (χ2v) is 6.50. The number of ketones is 1. The van der Waals surface area contributed by atoms with Crippen molar-refractivity contribution in [3.05, 3.63) is 47.5 Å². The number of carbonyl (C=O) groups excluding carboxylic acids is 1. The van der Waals surface area contributed by atoms with Crippen LogP contribution in [-0.2, 0) is 4.79 Å². The minimum Gasteiger partial charge on any atom is -0.463 e. The van der Waals surface area contributed by atoms with Gasteiger partial charge in [0.1, 0.15) is 5.75 Å². The van der Waals surface area contributed by atoms with Crippen molar-refractivity contribution in [3.63, 3.8) is 0 Å². The first-order valence-corrected chi connectivity index (χ1v) is 7.77. The molecule has 112 valence electrons. The summed E-state index contributed by atoms with van der Waals surface area (Å²) in [6, 6.07) is 7.32. The number of Topliss-reactive ketones (excluding diaryl/α,β-unsaturated/α-hetero) is 1. The lowest BCUT2D eigenvalue weighted by atomic mass is 9.89. The van der Waals surface area contributed by atoms with Gasteiger partial charge in [0.25, 0.3) is 0 Å². The van der Waals surface area contributed by atoms with Gasteiger partial charge in [0, 0.05) is 28.2 Å². The van der Waals surface area contributed by atoms with E-state index in [4.69, 9.17) is 16.3 Å². The van der Waals surface area contributed by atoms with Gasteiger partial charge in [0.05, 0.1) is 6.33 Å². The standard InChI is InChI=1S/C15H16BrClN2O2/c1-15(2,9-17)13(20)14(19-8-7-18-10-19)21-12-5-3-11(16)4-6-12/h3-8,10,14H,9H2,1-2H3. The number of halogens is 2. The molecule has 1 atom stereocenters. The van der Waals surface area contributed by atoms with Gasteiger partial charge in [-0.2, -0.15) is 0 Å². The summed E-state index contributed by atoms with van der Waals surface area (Å²) >= 11 is 9.28. The Morgan fingerprint density at radius 1 is 1.43 bits per heavy atom. The van der Waals surface area contributed by atoms with Gasteiger partial charge in [-0.3, -0.25) is 9.36 Å². The molecule has 0 bridgehead atoms. The Morgan fingerprint density at radius 2 is 2.10 bits per heavy atom. The molecule has 0 aliphatic heterocycles. The predicted octanol–water partition coefficient (Wildman–Crippen LogP) is 4.06. The van der Waals surface area contributed by atoms with E-state index < -0.39 is 11.6 Å². The van der Waals surface area contributed by atoms with Gasteiger partial charge in [-0.15, -0.1) is 11.6 Å². The Morgan fingerprint density at radius 3 is 2.62 bits per heavy atom. The highest BCUT2D eigenvalue weighted by Crippen LogP contribution is 2.28. The lowest BCUT2D eigenvalue weighted by Gasteiger charge is -2.27. The smallest absolute Gasteiger partial charge is 0.236 e. The van der Waals surface area contributed by atoms with Crippen molar-refractivity contribution >= 4 is 33.3 Å². The molecule has 0 amide bonds. The van der Waals surface area contributed by atoms with Gasteiger partial charge in [-0.05, 0) is 24.3 Å². The summed E-state index contributed by atoms with van der Waals surface area (Å²) in [4.78, 5) is 16.7. The Hall–Kier alpha value is -1.33. The highest BCUT2D eigenvalue weighted by molar-refractivity contribution is 9.10. The van der Waals surface area contributed by atoms with Crippen molar-refractivity contribution in [2.75, 3.05) is 5.88 Å². The van der Waals surface area contributed by atoms with Gasteiger partial charge in [-0.1, -0.05) is 29.8 Å². The van der Waals surface area contributed by atoms with Crippen LogP contribution in [0.5, 0.6) is 5.75 Å². The van der Waals surface area contributed by atoms with E-state index in [0.717, 1.165) is 4.47 Å². The van der Waals surface area contributed by atoms with E-state index in [1.807, 2.05) is 12.1 Å². The number of carbonyl (C=O) groups is 1. The number of hydrogen-bond acceptors (Lipinski definition) is 3. The maximum atomic E-state index is 12.7. The molecular formula is C15H16BrClN2O2. The van der Waals surface area contributed by atoms with Crippen molar-refractivity contribution in [3.8, 4) is 5.75 Å². The summed E-state index contributed by atoms with van der Waals surface area (Å²) in [6.45, 7) is 3.61. The Labute approximate surface area is 137 Å². The number of hydrogen-bond donors (Lipinski definition) is 0. The first-order valence-electron chi connectivity index (χ1n) is 6.44. The van der Waals surface area contributed by atoms with Gasteiger partial charge in [-0.25, -0.2) is 4.98 Å². The summed E-state index contributed by atoms with van der Waals surface area (Å²) in [7, 11) is 0. The summed E-state index contributed by atoms with van der Waals surface area (Å²) in [5.41, 5.74) is -0.689. The minimum absolute atomic E-state index is 0.0987. The highest BCUT2D eigenvalue weighted by atomic mass is 79.9. The number of nitrogens with zero attached hydrogens (tertiary/aromatic N) is 2. The van der Waals surface area contributed by atoms with E-state index in [-0.39, 0.29) is 11.7 Å². The van der Waals surface area contributed by atoms with Crippen molar-refractivity contribution in [1.82, 2.24) is 9.55 Å². The average Bonchev–Trinajstić information content (AvgIpc) is 3.00. The molecule has 6 heteroatoms. The van der Waals surface area contributed by atoms with Crippen LogP contribution in [0, 0.1) is 5.41 Å². The van der Waals surface area contributed by atoms with Gasteiger partial charge >= 0.3 is 0 Å². The summed E-state index contributed by atoms with van der Waals surface area (Å²) < 4.78 is 8.44. The topological polar surface area (TPSA) is 44.1 Å². The van der Waals surface area contributed by atoms with E-state index in [0.29, 0.717) is 5.75 Å². The normalized spacial score (nSPS) is 13.0. The van der Waals surface area contributed by atoms with Crippen LogP contribution >= 0.6 is 27.5 Å². The number of aromatic nitrogens is 2. The zero-order chi connectivity index (χ0) is 15.5. The predicted molar refractivity (Wildman–Crippen MR) is 85.5 cm³/mol. The van der Waals surface area contributed by atoms with Crippen molar-refractivity contribution in [1.29, 1.82) is 0 Å². The molecule has 1 heterocycles. The molecular weight excluding hydrogens is 356 g/mol. The summed E-state index contributed by atoms with van der Waals surface area (Å²) in [5, 5.41) is 0. The Bertz CT molecular complexity index is 597. The second kappa shape index (κ2) is 6.62. The molecule has 0 saturated heterocycles. The molecule has 0 aliphatic carbocycles. The van der Waals surface area contributed by atoms with E-state index in [1.54, 1.807) is 49.3 Å². The van der Waals surface area contributed by atoms with E-state index in [9.17, 15) is 4.79 Å². The third-order valence-corrected chi connectivity index (χ3v) is 4.28. The number of imidazole rings is 1. The van der Waals surface area contributed by atoms with Gasteiger partial charge in [0.15, 0.2) is 0 Å². The largest absolute Gasteiger partial charge is 0.463 e. The number of benzene rings is 1. The first kappa shape index (κ1) is 16.0. The molecule has 0 N–H and O–H groups in total. The van der Waals surface area contributed by atoms with E-state index in [1.165, 1.54) is 0 Å². The van der Waals surface area contributed by atoms with Crippen LogP contribution in [0.1, 0.15) is 20.1 Å². The van der Waals surface area contributed by atoms with Crippen LogP contribution in [0.2, 0.25) is 0 Å². The SMILES string of the molecule is CC(C)(CCl)C(=O)C(Oc1ccc(Br)cc1)n1ccnc1. The molecule has 0 radical (unpaired) electrons. The monoisotopic (exact) mass is 370 g/mol. The zero-order valence-corrected chi connectivity index (χ0v) is 14.1. The maximum Gasteiger partial charge on any atom is 0.236 e. The molecule has 21 heavy (non-hydrogen) atoms. The summed E-state index contributed by atoms with van der Waals surface area (Å²) in [6.07, 6.45) is 4.08. The maximum absolute atomic E-state index is 12.7. The molecule has 0 saturated carbocycles. The van der Waals surface area contributed by atoms with Gasteiger partial charge in [0.2, 0.25) is 12.0 Å². The quantitative estimate of drug-likeness (QED) is 0.719. The molecule has 2 aromatic rings. The third kappa shape index (κ3) is 3.86. The number of alkyl halides is 1. The van der Waals surface area contributed by atoms with Crippen LogP contribution in [0.15, 0.2) is 47.5 Å². The van der Waals surface area contributed by atoms with Crippen LogP contribution < -0.4 is 4.74 Å². The fraction of sp³-hybridized carbons (Fsp3) is 0.333. The fourth-order valence-corrected chi connectivity index (χ4v) is 2.10. The summed E-state index contributed by atoms with van der Waals surface area (Å²) in [5.74, 6) is 0.731. The molecule has 0 fully saturated rings. The number of ether oxygens (including phenoxy) is 1. The molecule has 1 unspecified atom stereocenters. The van der Waals surface area contributed by atoms with Crippen LogP contribution in [0.25, 0.3) is 0 Å². The van der Waals surface area contributed by atoms with Crippen LogP contribution in [-0.4, -0.2) is 21.2 Å². The molecule has 1 aromatic heterocycles. The van der Waals surface area contributed by atoms with Crippen molar-refractivity contribution in [2.45, 2.75) is 20.1 Å². The highest BCUT2D eigenvalue weighted by Gasteiger charge is 2.35. The molecule has 4 nitrogen and oxygen atoms in total. The molecule has 0 aliphatic rings. The van der Waals surface area contributed by atoms with Gasteiger partial charge < -0.3 is 4.74 Å². The number of rotatable bonds is 6. The van der Waals surface area contributed by atoms with E-state index >= 15 is 0 Å². The fourth-order valence-electron chi connectivity index (χ4n) is 1.70.